The Bertz CT molecular complexity index is 1120. The number of fused-ring (bicyclic) bond motifs is 1. The highest BCUT2D eigenvalue weighted by molar-refractivity contribution is 9.10. The second-order valence-electron chi connectivity index (χ2n) is 7.09. The van der Waals surface area contributed by atoms with Crippen LogP contribution in [0.25, 0.3) is 11.6 Å². The highest BCUT2D eigenvalue weighted by Gasteiger charge is 2.23. The lowest BCUT2D eigenvalue weighted by Gasteiger charge is -2.15. The summed E-state index contributed by atoms with van der Waals surface area (Å²) in [6, 6.07) is 19.8. The molecule has 4 rings (SSSR count). The van der Waals surface area contributed by atoms with Crippen molar-refractivity contribution in [2.75, 3.05) is 11.9 Å². The van der Waals surface area contributed by atoms with E-state index < -0.39 is 0 Å². The molecule has 1 aliphatic heterocycles. The molecule has 0 atom stereocenters. The predicted octanol–water partition coefficient (Wildman–Crippen LogP) is 6.23. The van der Waals surface area contributed by atoms with Crippen molar-refractivity contribution in [2.45, 2.75) is 20.5 Å². The van der Waals surface area contributed by atoms with Gasteiger partial charge in [-0.25, -0.2) is 0 Å². The zero-order valence-corrected chi connectivity index (χ0v) is 18.5. The number of halogens is 1. The van der Waals surface area contributed by atoms with Crippen molar-refractivity contribution in [3.8, 4) is 11.5 Å². The van der Waals surface area contributed by atoms with E-state index in [0.29, 0.717) is 30.3 Å². The molecule has 1 aliphatic rings. The fraction of sp³-hybridized carbons (Fsp3) is 0.160. The van der Waals surface area contributed by atoms with E-state index in [2.05, 4.69) is 52.4 Å². The van der Waals surface area contributed by atoms with Gasteiger partial charge in [-0.2, -0.15) is 0 Å². The van der Waals surface area contributed by atoms with Crippen molar-refractivity contribution in [1.82, 2.24) is 0 Å². The van der Waals surface area contributed by atoms with E-state index >= 15 is 0 Å². The van der Waals surface area contributed by atoms with Crippen LogP contribution in [0.4, 0.5) is 5.69 Å². The maximum atomic E-state index is 12.4. The summed E-state index contributed by atoms with van der Waals surface area (Å²) in [4.78, 5) is 12.4. The van der Waals surface area contributed by atoms with Crippen molar-refractivity contribution in [1.29, 1.82) is 0 Å². The zero-order valence-electron chi connectivity index (χ0n) is 16.9. The third-order valence-corrected chi connectivity index (χ3v) is 5.45. The van der Waals surface area contributed by atoms with E-state index in [1.807, 2.05) is 49.4 Å². The van der Waals surface area contributed by atoms with Crippen LogP contribution in [0.3, 0.4) is 0 Å². The Kier molecular flexibility index (Phi) is 5.91. The normalized spacial score (nSPS) is 13.8. The average molecular weight is 464 g/mol. The van der Waals surface area contributed by atoms with E-state index in [4.69, 9.17) is 9.47 Å². The largest absolute Gasteiger partial charge is 0.490 e. The summed E-state index contributed by atoms with van der Waals surface area (Å²) in [5.41, 5.74) is 5.51. The van der Waals surface area contributed by atoms with Gasteiger partial charge in [0.1, 0.15) is 6.61 Å². The summed E-state index contributed by atoms with van der Waals surface area (Å²) in [6.07, 6.45) is 1.87. The van der Waals surface area contributed by atoms with Crippen LogP contribution in [0, 0.1) is 6.92 Å². The molecule has 0 aliphatic carbocycles. The molecule has 0 unspecified atom stereocenters. The molecule has 1 amide bonds. The standard InChI is InChI=1S/C25H22BrNO3/c1-3-29-23-14-18(12-20-19-6-4-5-7-22(19)27-25(20)28)13-21(26)24(23)30-15-17-10-8-16(2)9-11-17/h4-14H,3,15H2,1-2H3,(H,27,28)/b20-12-. The minimum atomic E-state index is -0.107. The van der Waals surface area contributed by atoms with Gasteiger partial charge in [-0.15, -0.1) is 0 Å². The Hall–Kier alpha value is -3.05. The van der Waals surface area contributed by atoms with E-state index in [1.165, 1.54) is 5.56 Å². The quantitative estimate of drug-likeness (QED) is 0.440. The second kappa shape index (κ2) is 8.76. The lowest BCUT2D eigenvalue weighted by molar-refractivity contribution is -0.110. The number of rotatable bonds is 6. The van der Waals surface area contributed by atoms with Crippen LogP contribution in [-0.4, -0.2) is 12.5 Å². The first-order valence-electron chi connectivity index (χ1n) is 9.82. The second-order valence-corrected chi connectivity index (χ2v) is 7.95. The smallest absolute Gasteiger partial charge is 0.256 e. The van der Waals surface area contributed by atoms with Crippen molar-refractivity contribution in [2.24, 2.45) is 0 Å². The number of nitrogens with one attached hydrogen (secondary N) is 1. The minimum absolute atomic E-state index is 0.107. The summed E-state index contributed by atoms with van der Waals surface area (Å²) in [7, 11) is 0. The maximum Gasteiger partial charge on any atom is 0.256 e. The third kappa shape index (κ3) is 4.26. The molecule has 1 heterocycles. The topological polar surface area (TPSA) is 47.6 Å². The number of aryl methyl sites for hydroxylation is 1. The number of anilines is 1. The van der Waals surface area contributed by atoms with Gasteiger partial charge in [0.05, 0.1) is 11.1 Å². The predicted molar refractivity (Wildman–Crippen MR) is 124 cm³/mol. The Morgan fingerprint density at radius 1 is 1.03 bits per heavy atom. The zero-order chi connectivity index (χ0) is 21.1. The molecule has 0 spiro atoms. The monoisotopic (exact) mass is 463 g/mol. The number of para-hydroxylation sites is 1. The molecular weight excluding hydrogens is 442 g/mol. The minimum Gasteiger partial charge on any atom is -0.490 e. The van der Waals surface area contributed by atoms with E-state index in [9.17, 15) is 4.79 Å². The van der Waals surface area contributed by atoms with Crippen LogP contribution in [0.1, 0.15) is 29.2 Å². The number of amides is 1. The van der Waals surface area contributed by atoms with Crippen LogP contribution in [0.2, 0.25) is 0 Å². The Morgan fingerprint density at radius 3 is 2.57 bits per heavy atom. The summed E-state index contributed by atoms with van der Waals surface area (Å²) >= 11 is 3.61. The fourth-order valence-electron chi connectivity index (χ4n) is 3.36. The highest BCUT2D eigenvalue weighted by Crippen LogP contribution is 2.39. The SMILES string of the molecule is CCOc1cc(/C=C2\C(=O)Nc3ccccc32)cc(Br)c1OCc1ccc(C)cc1. The number of ether oxygens (including phenoxy) is 2. The summed E-state index contributed by atoms with van der Waals surface area (Å²) < 4.78 is 12.7. The van der Waals surface area contributed by atoms with Gasteiger partial charge >= 0.3 is 0 Å². The average Bonchev–Trinajstić information content (AvgIpc) is 3.04. The third-order valence-electron chi connectivity index (χ3n) is 4.86. The van der Waals surface area contributed by atoms with Gasteiger partial charge in [-0.1, -0.05) is 48.0 Å². The van der Waals surface area contributed by atoms with Crippen molar-refractivity contribution < 1.29 is 14.3 Å². The molecule has 0 bridgehead atoms. The van der Waals surface area contributed by atoms with Gasteiger partial charge < -0.3 is 14.8 Å². The first kappa shape index (κ1) is 20.2. The lowest BCUT2D eigenvalue weighted by Crippen LogP contribution is -2.04. The molecule has 0 saturated carbocycles. The van der Waals surface area contributed by atoms with Gasteiger partial charge in [0, 0.05) is 16.8 Å². The van der Waals surface area contributed by atoms with Crippen molar-refractivity contribution >= 4 is 39.2 Å². The summed E-state index contributed by atoms with van der Waals surface area (Å²) in [5.74, 6) is 1.18. The van der Waals surface area contributed by atoms with Crippen LogP contribution >= 0.6 is 15.9 Å². The molecular formula is C25H22BrNO3. The van der Waals surface area contributed by atoms with Crippen LogP contribution in [0.15, 0.2) is 65.1 Å². The lowest BCUT2D eigenvalue weighted by atomic mass is 10.0. The summed E-state index contributed by atoms with van der Waals surface area (Å²) in [6.45, 7) is 4.94. The van der Waals surface area contributed by atoms with Gasteiger partial charge in [-0.3, -0.25) is 4.79 Å². The number of carbonyl (C=O) groups excluding carboxylic acids is 1. The van der Waals surface area contributed by atoms with Gasteiger partial charge in [0.2, 0.25) is 0 Å². The van der Waals surface area contributed by atoms with Crippen LogP contribution in [0.5, 0.6) is 11.5 Å². The van der Waals surface area contributed by atoms with Gasteiger partial charge in [0.15, 0.2) is 11.5 Å². The number of hydrogen-bond acceptors (Lipinski definition) is 3. The van der Waals surface area contributed by atoms with Crippen LogP contribution in [-0.2, 0) is 11.4 Å². The molecule has 3 aromatic carbocycles. The first-order valence-corrected chi connectivity index (χ1v) is 10.6. The molecule has 0 fully saturated rings. The molecule has 3 aromatic rings. The maximum absolute atomic E-state index is 12.4. The van der Waals surface area contributed by atoms with Gasteiger partial charge in [0.25, 0.3) is 5.91 Å². The molecule has 1 N–H and O–H groups in total. The fourth-order valence-corrected chi connectivity index (χ4v) is 3.94. The highest BCUT2D eigenvalue weighted by atomic mass is 79.9. The molecule has 0 saturated heterocycles. The van der Waals surface area contributed by atoms with E-state index in [-0.39, 0.29) is 5.91 Å². The Morgan fingerprint density at radius 2 is 1.80 bits per heavy atom. The molecule has 0 aromatic heterocycles. The number of hydrogen-bond donors (Lipinski definition) is 1. The number of carbonyl (C=O) groups is 1. The molecule has 152 valence electrons. The molecule has 5 heteroatoms. The van der Waals surface area contributed by atoms with E-state index in [0.717, 1.165) is 26.9 Å². The summed E-state index contributed by atoms with van der Waals surface area (Å²) in [5, 5.41) is 2.90. The first-order chi connectivity index (χ1) is 14.5. The molecule has 30 heavy (non-hydrogen) atoms. The molecule has 4 nitrogen and oxygen atoms in total. The number of benzene rings is 3. The Labute approximate surface area is 184 Å². The van der Waals surface area contributed by atoms with Crippen LogP contribution < -0.4 is 14.8 Å². The Balaban J connectivity index is 1.65. The molecule has 0 radical (unpaired) electrons. The van der Waals surface area contributed by atoms with Gasteiger partial charge in [-0.05, 0) is 65.2 Å². The van der Waals surface area contributed by atoms with Crippen molar-refractivity contribution in [3.05, 3.63) is 87.4 Å². The van der Waals surface area contributed by atoms with Crippen molar-refractivity contribution in [3.63, 3.8) is 0 Å². The van der Waals surface area contributed by atoms with E-state index in [1.54, 1.807) is 0 Å².